The van der Waals surface area contributed by atoms with Crippen molar-refractivity contribution in [3.63, 3.8) is 0 Å². The van der Waals surface area contributed by atoms with E-state index < -0.39 is 0 Å². The summed E-state index contributed by atoms with van der Waals surface area (Å²) in [4.78, 5) is 0. The first-order valence-electron chi connectivity index (χ1n) is 5.65. The van der Waals surface area contributed by atoms with Crippen LogP contribution in [-0.4, -0.2) is 10.3 Å². The molecule has 0 aliphatic rings. The molecule has 0 aliphatic heterocycles. The van der Waals surface area contributed by atoms with E-state index in [1.165, 1.54) is 6.07 Å². The topological polar surface area (TPSA) is 47.3 Å². The zero-order valence-electron chi connectivity index (χ0n) is 10.8. The lowest BCUT2D eigenvalue weighted by Crippen LogP contribution is -2.17. The van der Waals surface area contributed by atoms with Crippen molar-refractivity contribution in [1.29, 1.82) is 0 Å². The lowest BCUT2D eigenvalue weighted by atomic mass is 10.2. The van der Waals surface area contributed by atoms with Crippen LogP contribution in [0, 0.1) is 26.6 Å². The number of nitrogens with one attached hydrogen (secondary N) is 1. The Bertz CT molecular complexity index is 606. The van der Waals surface area contributed by atoms with E-state index in [-0.39, 0.29) is 11.0 Å². The van der Waals surface area contributed by atoms with Crippen molar-refractivity contribution in [2.75, 3.05) is 5.32 Å². The van der Waals surface area contributed by atoms with Gasteiger partial charge in [0.1, 0.15) is 11.5 Å². The fourth-order valence-corrected chi connectivity index (χ4v) is 1.78. The molecule has 0 bridgehead atoms. The average molecular weight is 280 g/mol. The van der Waals surface area contributed by atoms with Crippen LogP contribution >= 0.6 is 12.2 Å². The third-order valence-corrected chi connectivity index (χ3v) is 2.75. The third-order valence-electron chi connectivity index (χ3n) is 2.57. The van der Waals surface area contributed by atoms with Crippen molar-refractivity contribution < 1.29 is 13.7 Å². The third kappa shape index (κ3) is 3.08. The van der Waals surface area contributed by atoms with Crippen LogP contribution in [-0.2, 0) is 0 Å². The second kappa shape index (κ2) is 5.36. The summed E-state index contributed by atoms with van der Waals surface area (Å²) in [5, 5.41) is 6.79. The molecule has 0 atom stereocenters. The first kappa shape index (κ1) is 13.5. The molecular formula is C13H13FN2O2S. The SMILES string of the molecule is Cc1cc(NC(=S)Oc2c(C)noc2C)ccc1F. The fraction of sp³-hybridized carbons (Fsp3) is 0.231. The van der Waals surface area contributed by atoms with Gasteiger partial charge in [-0.2, -0.15) is 0 Å². The second-order valence-corrected chi connectivity index (χ2v) is 4.50. The molecule has 1 N–H and O–H groups in total. The first-order chi connectivity index (χ1) is 8.97. The van der Waals surface area contributed by atoms with Crippen LogP contribution in [0.1, 0.15) is 17.0 Å². The smallest absolute Gasteiger partial charge is 0.266 e. The van der Waals surface area contributed by atoms with E-state index in [4.69, 9.17) is 21.5 Å². The van der Waals surface area contributed by atoms with E-state index in [1.54, 1.807) is 32.9 Å². The van der Waals surface area contributed by atoms with Gasteiger partial charge in [-0.05, 0) is 49.8 Å². The molecule has 0 saturated heterocycles. The molecule has 0 saturated carbocycles. The maximum atomic E-state index is 13.1. The van der Waals surface area contributed by atoms with Crippen molar-refractivity contribution in [3.05, 3.63) is 41.0 Å². The molecule has 19 heavy (non-hydrogen) atoms. The van der Waals surface area contributed by atoms with Gasteiger partial charge in [0.2, 0.25) is 0 Å². The number of aryl methyl sites for hydroxylation is 3. The summed E-state index contributed by atoms with van der Waals surface area (Å²) >= 11 is 5.08. The Morgan fingerprint density at radius 2 is 2.11 bits per heavy atom. The number of thiocarbonyl (C=S) groups is 1. The number of aromatic nitrogens is 1. The Kier molecular flexibility index (Phi) is 3.80. The second-order valence-electron chi connectivity index (χ2n) is 4.13. The summed E-state index contributed by atoms with van der Waals surface area (Å²) in [5.74, 6) is 0.788. The van der Waals surface area contributed by atoms with Crippen LogP contribution in [0.3, 0.4) is 0 Å². The molecule has 1 aromatic carbocycles. The summed E-state index contributed by atoms with van der Waals surface area (Å²) < 4.78 is 23.6. The lowest BCUT2D eigenvalue weighted by Gasteiger charge is -2.09. The van der Waals surface area contributed by atoms with Gasteiger partial charge in [0.25, 0.3) is 5.17 Å². The number of hydrogen-bond acceptors (Lipinski definition) is 4. The zero-order valence-corrected chi connectivity index (χ0v) is 11.6. The highest BCUT2D eigenvalue weighted by Crippen LogP contribution is 2.22. The van der Waals surface area contributed by atoms with Crippen LogP contribution in [0.4, 0.5) is 10.1 Å². The summed E-state index contributed by atoms with van der Waals surface area (Å²) in [6.45, 7) is 5.18. The molecule has 1 heterocycles. The van der Waals surface area contributed by atoms with E-state index in [0.29, 0.717) is 28.5 Å². The standard InChI is InChI=1S/C13H13FN2O2S/c1-7-6-10(4-5-11(7)14)15-13(19)17-12-8(2)16-18-9(12)3/h4-6H,1-3H3,(H,15,19). The quantitative estimate of drug-likeness (QED) is 0.853. The van der Waals surface area contributed by atoms with Crippen LogP contribution in [0.2, 0.25) is 0 Å². The highest BCUT2D eigenvalue weighted by Gasteiger charge is 2.13. The molecular weight excluding hydrogens is 267 g/mol. The normalized spacial score (nSPS) is 10.3. The molecule has 0 fully saturated rings. The number of benzene rings is 1. The molecule has 0 amide bonds. The van der Waals surface area contributed by atoms with Gasteiger partial charge in [0.15, 0.2) is 11.5 Å². The molecule has 0 unspecified atom stereocenters. The minimum absolute atomic E-state index is 0.153. The molecule has 6 heteroatoms. The zero-order chi connectivity index (χ0) is 14.0. The Morgan fingerprint density at radius 3 is 2.68 bits per heavy atom. The van der Waals surface area contributed by atoms with E-state index >= 15 is 0 Å². The monoisotopic (exact) mass is 280 g/mol. The summed E-state index contributed by atoms with van der Waals surface area (Å²) in [5.41, 5.74) is 1.82. The van der Waals surface area contributed by atoms with Gasteiger partial charge in [-0.15, -0.1) is 0 Å². The van der Waals surface area contributed by atoms with E-state index in [2.05, 4.69) is 10.5 Å². The number of halogens is 1. The van der Waals surface area contributed by atoms with Crippen molar-refractivity contribution in [2.24, 2.45) is 0 Å². The van der Waals surface area contributed by atoms with Gasteiger partial charge < -0.3 is 14.6 Å². The first-order valence-corrected chi connectivity index (χ1v) is 6.06. The van der Waals surface area contributed by atoms with Crippen molar-refractivity contribution in [1.82, 2.24) is 5.16 Å². The summed E-state index contributed by atoms with van der Waals surface area (Å²) in [6.07, 6.45) is 0. The molecule has 0 aliphatic carbocycles. The van der Waals surface area contributed by atoms with Gasteiger partial charge >= 0.3 is 0 Å². The van der Waals surface area contributed by atoms with Gasteiger partial charge in [-0.1, -0.05) is 5.16 Å². The highest BCUT2D eigenvalue weighted by atomic mass is 32.1. The Balaban J connectivity index is 2.07. The number of nitrogens with zero attached hydrogens (tertiary/aromatic N) is 1. The fourth-order valence-electron chi connectivity index (χ4n) is 1.58. The number of anilines is 1. The number of ether oxygens (including phenoxy) is 1. The summed E-state index contributed by atoms with van der Waals surface area (Å²) in [6, 6.07) is 4.61. The molecule has 100 valence electrons. The predicted molar refractivity (Wildman–Crippen MR) is 74.0 cm³/mol. The Labute approximate surface area is 115 Å². The minimum Gasteiger partial charge on any atom is -0.426 e. The van der Waals surface area contributed by atoms with E-state index in [0.717, 1.165) is 0 Å². The Hall–Kier alpha value is -1.95. The molecule has 2 aromatic rings. The van der Waals surface area contributed by atoms with Gasteiger partial charge in [0, 0.05) is 12.6 Å². The van der Waals surface area contributed by atoms with E-state index in [9.17, 15) is 4.39 Å². The van der Waals surface area contributed by atoms with E-state index in [1.807, 2.05) is 0 Å². The Morgan fingerprint density at radius 1 is 1.37 bits per heavy atom. The average Bonchev–Trinajstić information content (AvgIpc) is 2.66. The van der Waals surface area contributed by atoms with Crippen LogP contribution in [0.5, 0.6) is 5.75 Å². The van der Waals surface area contributed by atoms with Crippen molar-refractivity contribution >= 4 is 23.1 Å². The van der Waals surface area contributed by atoms with Crippen molar-refractivity contribution in [2.45, 2.75) is 20.8 Å². The van der Waals surface area contributed by atoms with Gasteiger partial charge in [0.05, 0.1) is 0 Å². The van der Waals surface area contributed by atoms with Gasteiger partial charge in [-0.25, -0.2) is 4.39 Å². The minimum atomic E-state index is -0.261. The molecule has 1 aromatic heterocycles. The van der Waals surface area contributed by atoms with Crippen molar-refractivity contribution in [3.8, 4) is 5.75 Å². The predicted octanol–water partition coefficient (Wildman–Crippen LogP) is 3.51. The molecule has 0 radical (unpaired) electrons. The lowest BCUT2D eigenvalue weighted by molar-refractivity contribution is 0.388. The maximum absolute atomic E-state index is 13.1. The number of rotatable bonds is 2. The molecule has 0 spiro atoms. The molecule has 4 nitrogen and oxygen atoms in total. The van der Waals surface area contributed by atoms with Crippen LogP contribution in [0.25, 0.3) is 0 Å². The maximum Gasteiger partial charge on any atom is 0.266 e. The summed E-state index contributed by atoms with van der Waals surface area (Å²) in [7, 11) is 0. The largest absolute Gasteiger partial charge is 0.426 e. The molecule has 2 rings (SSSR count). The van der Waals surface area contributed by atoms with Crippen LogP contribution < -0.4 is 10.1 Å². The number of hydrogen-bond donors (Lipinski definition) is 1. The van der Waals surface area contributed by atoms with Gasteiger partial charge in [-0.3, -0.25) is 0 Å². The van der Waals surface area contributed by atoms with Crippen LogP contribution in [0.15, 0.2) is 22.7 Å². The highest BCUT2D eigenvalue weighted by molar-refractivity contribution is 7.80.